The van der Waals surface area contributed by atoms with Gasteiger partial charge in [0.05, 0.1) is 6.10 Å². The van der Waals surface area contributed by atoms with Crippen molar-refractivity contribution in [3.8, 4) is 0 Å². The highest BCUT2D eigenvalue weighted by Gasteiger charge is 2.38. The van der Waals surface area contributed by atoms with Gasteiger partial charge in [-0.1, -0.05) is 6.92 Å². The second-order valence-corrected chi connectivity index (χ2v) is 4.44. The van der Waals surface area contributed by atoms with Gasteiger partial charge in [-0.3, -0.25) is 9.59 Å². The van der Waals surface area contributed by atoms with Gasteiger partial charge >= 0.3 is 11.9 Å². The fourth-order valence-corrected chi connectivity index (χ4v) is 1.77. The smallest absolute Gasteiger partial charge is 0.305 e. The maximum atomic E-state index is 11.2. The normalized spacial score (nSPS) is 30.7. The second-order valence-electron chi connectivity index (χ2n) is 4.44. The zero-order valence-electron chi connectivity index (χ0n) is 11.1. The summed E-state index contributed by atoms with van der Waals surface area (Å²) >= 11 is 0. The average Bonchev–Trinajstić information content (AvgIpc) is 2.31. The number of rotatable bonds is 5. The Morgan fingerprint density at radius 3 is 2.63 bits per heavy atom. The summed E-state index contributed by atoms with van der Waals surface area (Å²) < 4.78 is 15.0. The van der Waals surface area contributed by atoms with Crippen molar-refractivity contribution in [2.75, 3.05) is 6.61 Å². The number of ether oxygens (including phenoxy) is 3. The van der Waals surface area contributed by atoms with Crippen LogP contribution in [0.3, 0.4) is 0 Å². The highest BCUT2D eigenvalue weighted by molar-refractivity contribution is 5.69. The van der Waals surface area contributed by atoms with Gasteiger partial charge in [-0.05, 0) is 6.42 Å². The molecule has 0 aromatic rings. The maximum absolute atomic E-state index is 11.2. The third-order valence-corrected chi connectivity index (χ3v) is 2.70. The summed E-state index contributed by atoms with van der Waals surface area (Å²) in [5.41, 5.74) is 0. The Bertz CT molecular complexity index is 317. The number of aliphatic hydroxyl groups excluding tert-OH is 2. The largest absolute Gasteiger partial charge is 0.463 e. The molecule has 1 rings (SSSR count). The number of carbonyl (C=O) groups excluding carboxylic acids is 2. The molecule has 4 atom stereocenters. The van der Waals surface area contributed by atoms with E-state index in [1.54, 1.807) is 0 Å². The third kappa shape index (κ3) is 5.14. The summed E-state index contributed by atoms with van der Waals surface area (Å²) in [7, 11) is 0. The van der Waals surface area contributed by atoms with Gasteiger partial charge in [0, 0.05) is 19.8 Å². The van der Waals surface area contributed by atoms with Gasteiger partial charge in [-0.15, -0.1) is 0 Å². The molecule has 0 saturated carbocycles. The van der Waals surface area contributed by atoms with Gasteiger partial charge in [-0.25, -0.2) is 0 Å². The Kier molecular flexibility index (Phi) is 6.20. The van der Waals surface area contributed by atoms with E-state index in [2.05, 4.69) is 0 Å². The Morgan fingerprint density at radius 2 is 2.05 bits per heavy atom. The van der Waals surface area contributed by atoms with Crippen molar-refractivity contribution in [2.24, 2.45) is 0 Å². The molecule has 1 saturated heterocycles. The van der Waals surface area contributed by atoms with E-state index < -0.39 is 36.5 Å². The number of carbonyl (C=O) groups is 2. The van der Waals surface area contributed by atoms with Crippen LogP contribution in [0.15, 0.2) is 0 Å². The van der Waals surface area contributed by atoms with Crippen LogP contribution in [0.5, 0.6) is 0 Å². The summed E-state index contributed by atoms with van der Waals surface area (Å²) in [5, 5.41) is 19.4. The number of aliphatic hydroxyl groups is 2. The fraction of sp³-hybridized carbons (Fsp3) is 0.833. The summed E-state index contributed by atoms with van der Waals surface area (Å²) in [4.78, 5) is 22.1. The Balaban J connectivity index is 2.49. The summed E-state index contributed by atoms with van der Waals surface area (Å²) in [6.07, 6.45) is -3.20. The molecule has 4 unspecified atom stereocenters. The molecule has 110 valence electrons. The van der Waals surface area contributed by atoms with Crippen LogP contribution >= 0.6 is 0 Å². The summed E-state index contributed by atoms with van der Waals surface area (Å²) in [5.74, 6) is -0.947. The lowest BCUT2D eigenvalue weighted by Crippen LogP contribution is -2.51. The lowest BCUT2D eigenvalue weighted by molar-refractivity contribution is -0.252. The lowest BCUT2D eigenvalue weighted by Gasteiger charge is -2.35. The first-order chi connectivity index (χ1) is 8.93. The van der Waals surface area contributed by atoms with Crippen molar-refractivity contribution in [3.63, 3.8) is 0 Å². The van der Waals surface area contributed by atoms with Gasteiger partial charge in [0.1, 0.15) is 18.8 Å². The van der Waals surface area contributed by atoms with Crippen molar-refractivity contribution >= 4 is 11.9 Å². The van der Waals surface area contributed by atoms with Crippen LogP contribution < -0.4 is 0 Å². The topological polar surface area (TPSA) is 102 Å². The Hall–Kier alpha value is -1.18. The molecule has 0 aromatic carbocycles. The van der Waals surface area contributed by atoms with Gasteiger partial charge in [0.2, 0.25) is 6.29 Å². The zero-order chi connectivity index (χ0) is 14.4. The van der Waals surface area contributed by atoms with Crippen molar-refractivity contribution in [2.45, 2.75) is 57.7 Å². The van der Waals surface area contributed by atoms with Crippen molar-refractivity contribution in [1.29, 1.82) is 0 Å². The molecule has 0 bridgehead atoms. The molecule has 0 spiro atoms. The van der Waals surface area contributed by atoms with Crippen LogP contribution in [0.4, 0.5) is 0 Å². The van der Waals surface area contributed by atoms with E-state index >= 15 is 0 Å². The summed E-state index contributed by atoms with van der Waals surface area (Å²) in [6.45, 7) is 2.87. The van der Waals surface area contributed by atoms with E-state index in [9.17, 15) is 19.8 Å². The number of esters is 2. The molecule has 1 fully saturated rings. The van der Waals surface area contributed by atoms with E-state index in [1.807, 2.05) is 6.92 Å². The zero-order valence-corrected chi connectivity index (χ0v) is 11.1. The minimum atomic E-state index is -1.18. The molecule has 19 heavy (non-hydrogen) atoms. The van der Waals surface area contributed by atoms with Crippen molar-refractivity contribution in [1.82, 2.24) is 0 Å². The fourth-order valence-electron chi connectivity index (χ4n) is 1.77. The van der Waals surface area contributed by atoms with Gasteiger partial charge in [0.15, 0.2) is 0 Å². The Morgan fingerprint density at radius 1 is 1.37 bits per heavy atom. The van der Waals surface area contributed by atoms with Crippen LogP contribution in [0.1, 0.15) is 33.1 Å². The monoisotopic (exact) mass is 276 g/mol. The van der Waals surface area contributed by atoms with Gasteiger partial charge < -0.3 is 24.4 Å². The average molecular weight is 276 g/mol. The van der Waals surface area contributed by atoms with Crippen molar-refractivity contribution in [3.05, 3.63) is 0 Å². The van der Waals surface area contributed by atoms with E-state index in [0.29, 0.717) is 6.42 Å². The van der Waals surface area contributed by atoms with Crippen LogP contribution in [-0.4, -0.2) is 53.4 Å². The Labute approximate surface area is 111 Å². The van der Waals surface area contributed by atoms with E-state index in [-0.39, 0.29) is 19.4 Å². The molecule has 2 N–H and O–H groups in total. The number of hydrogen-bond donors (Lipinski definition) is 2. The van der Waals surface area contributed by atoms with E-state index in [4.69, 9.17) is 14.2 Å². The molecule has 0 aliphatic carbocycles. The molecule has 7 heteroatoms. The van der Waals surface area contributed by atoms with Crippen LogP contribution in [0.2, 0.25) is 0 Å². The molecule has 1 aliphatic rings. The predicted molar refractivity (Wildman–Crippen MR) is 62.9 cm³/mol. The first kappa shape index (κ1) is 15.9. The van der Waals surface area contributed by atoms with Crippen molar-refractivity contribution < 1.29 is 34.0 Å². The van der Waals surface area contributed by atoms with Crippen LogP contribution in [0, 0.1) is 0 Å². The lowest BCUT2D eigenvalue weighted by atomic mass is 10.0. The highest BCUT2D eigenvalue weighted by atomic mass is 16.7. The van der Waals surface area contributed by atoms with Gasteiger partial charge in [-0.2, -0.15) is 0 Å². The van der Waals surface area contributed by atoms with Crippen LogP contribution in [-0.2, 0) is 23.8 Å². The standard InChI is InChI=1S/C12H20O7/c1-3-4-10(15)17-6-9-12(16)8(14)5-11(19-9)18-7(2)13/h8-9,11-12,14,16H,3-6H2,1-2H3. The molecule has 0 radical (unpaired) electrons. The predicted octanol–water partition coefficient (Wildman–Crippen LogP) is -0.270. The third-order valence-electron chi connectivity index (χ3n) is 2.70. The number of hydrogen-bond acceptors (Lipinski definition) is 7. The molecule has 0 amide bonds. The van der Waals surface area contributed by atoms with Gasteiger partial charge in [0.25, 0.3) is 0 Å². The molecular formula is C12H20O7. The minimum Gasteiger partial charge on any atom is -0.463 e. The summed E-state index contributed by atoms with van der Waals surface area (Å²) in [6, 6.07) is 0. The minimum absolute atomic E-state index is 0.0137. The quantitative estimate of drug-likeness (QED) is 0.666. The van der Waals surface area contributed by atoms with E-state index in [0.717, 1.165) is 0 Å². The molecule has 1 aliphatic heterocycles. The first-order valence-corrected chi connectivity index (χ1v) is 6.28. The maximum Gasteiger partial charge on any atom is 0.305 e. The SMILES string of the molecule is CCCC(=O)OCC1OC(OC(C)=O)CC(O)C1O. The molecular weight excluding hydrogens is 256 g/mol. The highest BCUT2D eigenvalue weighted by Crippen LogP contribution is 2.21. The second kappa shape index (κ2) is 7.42. The first-order valence-electron chi connectivity index (χ1n) is 6.28. The molecule has 0 aromatic heterocycles. The van der Waals surface area contributed by atoms with Crippen LogP contribution in [0.25, 0.3) is 0 Å². The molecule has 1 heterocycles. The molecule has 7 nitrogen and oxygen atoms in total. The van der Waals surface area contributed by atoms with E-state index in [1.165, 1.54) is 6.92 Å².